The average Bonchev–Trinajstić information content (AvgIpc) is 2.84. The van der Waals surface area contributed by atoms with Gasteiger partial charge in [0.25, 0.3) is 0 Å². The first-order valence-corrected chi connectivity index (χ1v) is 9.50. The van der Waals surface area contributed by atoms with E-state index < -0.39 is 9.84 Å². The molecule has 6 nitrogen and oxygen atoms in total. The maximum atomic E-state index is 11.7. The number of hydrogen-bond acceptors (Lipinski definition) is 4. The highest BCUT2D eigenvalue weighted by Gasteiger charge is 2.28. The molecule has 3 N–H and O–H groups in total. The number of nitrogens with one attached hydrogen (secondary N) is 3. The van der Waals surface area contributed by atoms with E-state index in [2.05, 4.69) is 15.3 Å². The molecule has 1 aliphatic carbocycles. The molecule has 1 saturated carbocycles. The molecule has 0 aliphatic heterocycles. The zero-order chi connectivity index (χ0) is 15.7. The monoisotopic (exact) mass is 323 g/mol. The molecule has 2 aromatic rings. The number of H-pyrrole nitrogens is 2. The molecule has 0 radical (unpaired) electrons. The second-order valence-electron chi connectivity index (χ2n) is 6.16. The maximum Gasteiger partial charge on any atom is 0.323 e. The van der Waals surface area contributed by atoms with Crippen molar-refractivity contribution in [2.45, 2.75) is 43.5 Å². The lowest BCUT2D eigenvalue weighted by atomic mass is 9.95. The number of aromatic nitrogens is 2. The van der Waals surface area contributed by atoms with Gasteiger partial charge in [-0.05, 0) is 37.0 Å². The Morgan fingerprint density at radius 2 is 2.00 bits per heavy atom. The minimum absolute atomic E-state index is 0.205. The summed E-state index contributed by atoms with van der Waals surface area (Å²) in [4.78, 5) is 16.7. The smallest absolute Gasteiger partial charge is 0.310 e. The third kappa shape index (κ3) is 3.41. The summed E-state index contributed by atoms with van der Waals surface area (Å²) >= 11 is 0. The third-order valence-electron chi connectivity index (χ3n) is 4.41. The summed E-state index contributed by atoms with van der Waals surface area (Å²) in [6.45, 7) is 0.671. The van der Waals surface area contributed by atoms with Crippen LogP contribution in [0.4, 0.5) is 0 Å². The fourth-order valence-electron chi connectivity index (χ4n) is 3.17. The number of aromatic amines is 2. The van der Waals surface area contributed by atoms with E-state index in [1.54, 1.807) is 0 Å². The predicted molar refractivity (Wildman–Crippen MR) is 86.6 cm³/mol. The van der Waals surface area contributed by atoms with Gasteiger partial charge in [0.2, 0.25) is 0 Å². The van der Waals surface area contributed by atoms with Crippen LogP contribution in [0.1, 0.15) is 31.2 Å². The maximum absolute atomic E-state index is 11.7. The predicted octanol–water partition coefficient (Wildman–Crippen LogP) is 1.30. The van der Waals surface area contributed by atoms with Gasteiger partial charge in [0.15, 0.2) is 0 Å². The van der Waals surface area contributed by atoms with Gasteiger partial charge in [-0.1, -0.05) is 12.5 Å². The van der Waals surface area contributed by atoms with E-state index >= 15 is 0 Å². The van der Waals surface area contributed by atoms with Crippen molar-refractivity contribution < 1.29 is 8.42 Å². The van der Waals surface area contributed by atoms with E-state index in [0.29, 0.717) is 13.0 Å². The van der Waals surface area contributed by atoms with Crippen LogP contribution in [-0.2, 0) is 16.4 Å². The molecule has 1 heterocycles. The number of benzene rings is 1. The first kappa shape index (κ1) is 15.3. The Hall–Kier alpha value is -1.60. The fourth-order valence-corrected chi connectivity index (χ4v) is 4.35. The zero-order valence-electron chi connectivity index (χ0n) is 12.6. The zero-order valence-corrected chi connectivity index (χ0v) is 13.4. The molecule has 1 fully saturated rings. The number of sulfone groups is 1. The van der Waals surface area contributed by atoms with E-state index in [-0.39, 0.29) is 17.0 Å². The molecular formula is C15H21N3O3S. The molecule has 0 amide bonds. The van der Waals surface area contributed by atoms with Gasteiger partial charge >= 0.3 is 5.69 Å². The highest BCUT2D eigenvalue weighted by Crippen LogP contribution is 2.24. The van der Waals surface area contributed by atoms with Gasteiger partial charge in [0, 0.05) is 18.8 Å². The highest BCUT2D eigenvalue weighted by atomic mass is 32.2. The number of imidazole rings is 1. The Bertz CT molecular complexity index is 822. The van der Waals surface area contributed by atoms with Crippen LogP contribution in [0.5, 0.6) is 0 Å². The first-order valence-electron chi connectivity index (χ1n) is 7.55. The second kappa shape index (κ2) is 5.89. The lowest BCUT2D eigenvalue weighted by Gasteiger charge is -2.28. The molecule has 1 aromatic carbocycles. The number of rotatable bonds is 4. The third-order valence-corrected chi connectivity index (χ3v) is 6.05. The molecule has 1 aliphatic rings. The van der Waals surface area contributed by atoms with Crippen molar-refractivity contribution in [1.29, 1.82) is 0 Å². The number of hydrogen-bond donors (Lipinski definition) is 3. The van der Waals surface area contributed by atoms with Crippen LogP contribution >= 0.6 is 0 Å². The summed E-state index contributed by atoms with van der Waals surface area (Å²) in [5.74, 6) is 0. The van der Waals surface area contributed by atoms with Crippen molar-refractivity contribution >= 4 is 20.9 Å². The van der Waals surface area contributed by atoms with Crippen LogP contribution in [0.25, 0.3) is 11.0 Å². The van der Waals surface area contributed by atoms with E-state index in [1.165, 1.54) is 6.26 Å². The topological polar surface area (TPSA) is 94.8 Å². The van der Waals surface area contributed by atoms with Gasteiger partial charge in [0.05, 0.1) is 16.3 Å². The quantitative estimate of drug-likeness (QED) is 0.790. The van der Waals surface area contributed by atoms with Crippen LogP contribution < -0.4 is 11.0 Å². The van der Waals surface area contributed by atoms with Crippen LogP contribution in [-0.4, -0.2) is 35.9 Å². The standard InChI is InChI=1S/C15H21N3O3S/c1-22(20,21)12-4-2-3-11(8-12)16-9-10-5-6-13-14(7-10)18-15(19)17-13/h5-7,11-12,16H,2-4,8-9H2,1H3,(H2,17,18,19). The molecule has 2 atom stereocenters. The van der Waals surface area contributed by atoms with Crippen molar-refractivity contribution in [3.63, 3.8) is 0 Å². The Morgan fingerprint density at radius 1 is 1.23 bits per heavy atom. The van der Waals surface area contributed by atoms with Crippen molar-refractivity contribution in [3.05, 3.63) is 34.2 Å². The Balaban J connectivity index is 1.64. The summed E-state index contributed by atoms with van der Waals surface area (Å²) in [6, 6.07) is 6.02. The van der Waals surface area contributed by atoms with Gasteiger partial charge < -0.3 is 15.3 Å². The molecule has 0 saturated heterocycles. The lowest BCUT2D eigenvalue weighted by molar-refractivity contribution is 0.371. The van der Waals surface area contributed by atoms with E-state index in [4.69, 9.17) is 0 Å². The minimum Gasteiger partial charge on any atom is -0.310 e. The summed E-state index contributed by atoms with van der Waals surface area (Å²) in [5.41, 5.74) is 2.46. The molecule has 3 rings (SSSR count). The molecule has 1 aromatic heterocycles. The fraction of sp³-hybridized carbons (Fsp3) is 0.533. The van der Waals surface area contributed by atoms with Crippen LogP contribution in [0.2, 0.25) is 0 Å². The first-order chi connectivity index (χ1) is 10.4. The molecule has 22 heavy (non-hydrogen) atoms. The van der Waals surface area contributed by atoms with Gasteiger partial charge in [-0.25, -0.2) is 13.2 Å². The summed E-state index contributed by atoms with van der Waals surface area (Å²) in [5, 5.41) is 3.22. The molecule has 0 bridgehead atoms. The molecule has 120 valence electrons. The van der Waals surface area contributed by atoms with Crippen molar-refractivity contribution in [2.24, 2.45) is 0 Å². The Labute approximate surface area is 129 Å². The van der Waals surface area contributed by atoms with Crippen molar-refractivity contribution in [3.8, 4) is 0 Å². The minimum atomic E-state index is -2.95. The molecule has 7 heteroatoms. The second-order valence-corrected chi connectivity index (χ2v) is 8.48. The van der Waals surface area contributed by atoms with Gasteiger partial charge in [-0.15, -0.1) is 0 Å². The van der Waals surface area contributed by atoms with Crippen LogP contribution in [0, 0.1) is 0 Å². The molecular weight excluding hydrogens is 302 g/mol. The Kier molecular flexibility index (Phi) is 4.10. The van der Waals surface area contributed by atoms with E-state index in [9.17, 15) is 13.2 Å². The summed E-state index contributed by atoms with van der Waals surface area (Å²) in [6.07, 6.45) is 4.74. The van der Waals surface area contributed by atoms with Crippen molar-refractivity contribution in [1.82, 2.24) is 15.3 Å². The normalized spacial score (nSPS) is 23.0. The average molecular weight is 323 g/mol. The van der Waals surface area contributed by atoms with Gasteiger partial charge in [-0.3, -0.25) is 0 Å². The van der Waals surface area contributed by atoms with Gasteiger partial charge in [0.1, 0.15) is 9.84 Å². The van der Waals surface area contributed by atoms with Gasteiger partial charge in [-0.2, -0.15) is 0 Å². The molecule has 2 unspecified atom stereocenters. The van der Waals surface area contributed by atoms with Crippen LogP contribution in [0.15, 0.2) is 23.0 Å². The highest BCUT2D eigenvalue weighted by molar-refractivity contribution is 7.91. The SMILES string of the molecule is CS(=O)(=O)C1CCCC(NCc2ccc3[nH]c(=O)[nH]c3c2)C1. The molecule has 0 spiro atoms. The number of fused-ring (bicyclic) bond motifs is 1. The Morgan fingerprint density at radius 3 is 2.77 bits per heavy atom. The van der Waals surface area contributed by atoms with Crippen LogP contribution in [0.3, 0.4) is 0 Å². The summed E-state index contributed by atoms with van der Waals surface area (Å²) in [7, 11) is -2.95. The lowest BCUT2D eigenvalue weighted by Crippen LogP contribution is -2.38. The van der Waals surface area contributed by atoms with Crippen molar-refractivity contribution in [2.75, 3.05) is 6.26 Å². The van der Waals surface area contributed by atoms with E-state index in [1.807, 2.05) is 18.2 Å². The van der Waals surface area contributed by atoms with E-state index in [0.717, 1.165) is 35.9 Å². The largest absolute Gasteiger partial charge is 0.323 e. The summed E-state index contributed by atoms with van der Waals surface area (Å²) < 4.78 is 23.4.